The number of likely N-dealkylation sites (tertiary alicyclic amines) is 2. The number of thiophene rings is 1. The third-order valence-electron chi connectivity index (χ3n) is 5.38. The van der Waals surface area contributed by atoms with E-state index in [1.807, 2.05) is 0 Å². The van der Waals surface area contributed by atoms with Gasteiger partial charge in [0, 0.05) is 24.3 Å². The lowest BCUT2D eigenvalue weighted by Gasteiger charge is -2.33. The number of sulfonamides is 1. The van der Waals surface area contributed by atoms with Crippen molar-refractivity contribution in [2.24, 2.45) is 0 Å². The Balaban J connectivity index is 1.46. The smallest absolute Gasteiger partial charge is 0.242 e. The molecular weight excluding hydrogens is 434 g/mol. The van der Waals surface area contributed by atoms with Crippen molar-refractivity contribution in [2.45, 2.75) is 36.6 Å². The van der Waals surface area contributed by atoms with Crippen LogP contribution < -0.4 is 4.72 Å². The lowest BCUT2D eigenvalue weighted by Crippen LogP contribution is -2.54. The number of fused-ring (bicyclic) bond motifs is 1. The zero-order chi connectivity index (χ0) is 20.6. The van der Waals surface area contributed by atoms with E-state index in [2.05, 4.69) is 4.72 Å². The summed E-state index contributed by atoms with van der Waals surface area (Å²) < 4.78 is 29.6. The van der Waals surface area contributed by atoms with Crippen molar-refractivity contribution in [1.29, 1.82) is 0 Å². The molecule has 1 N–H and O–H groups in total. The molecule has 0 radical (unpaired) electrons. The van der Waals surface area contributed by atoms with Gasteiger partial charge in [-0.1, -0.05) is 17.7 Å². The molecule has 0 saturated carbocycles. The maximum Gasteiger partial charge on any atom is 0.242 e. The Morgan fingerprint density at radius 3 is 2.69 bits per heavy atom. The summed E-state index contributed by atoms with van der Waals surface area (Å²) in [6.07, 6.45) is 3.04. The van der Waals surface area contributed by atoms with E-state index in [9.17, 15) is 18.0 Å². The molecule has 0 spiro atoms. The molecule has 4 rings (SSSR count). The van der Waals surface area contributed by atoms with E-state index in [4.69, 9.17) is 11.6 Å². The Bertz CT molecular complexity index is 1050. The minimum absolute atomic E-state index is 0.0106. The highest BCUT2D eigenvalue weighted by molar-refractivity contribution is 7.89. The number of nitrogens with zero attached hydrogens (tertiary/aromatic N) is 2. The third kappa shape index (κ3) is 4.42. The quantitative estimate of drug-likeness (QED) is 0.750. The molecule has 0 bridgehead atoms. The summed E-state index contributed by atoms with van der Waals surface area (Å²) in [5, 5.41) is 0.874. The topological polar surface area (TPSA) is 86.8 Å². The average Bonchev–Trinajstić information content (AvgIpc) is 3.32. The summed E-state index contributed by atoms with van der Waals surface area (Å²) in [7, 11) is -3.87. The molecule has 156 valence electrons. The van der Waals surface area contributed by atoms with Crippen molar-refractivity contribution in [3.05, 3.63) is 28.6 Å². The van der Waals surface area contributed by atoms with Crippen molar-refractivity contribution in [3.63, 3.8) is 0 Å². The molecule has 2 aliphatic rings. The maximum atomic E-state index is 12.8. The predicted molar refractivity (Wildman–Crippen MR) is 113 cm³/mol. The number of piperidine rings is 1. The van der Waals surface area contributed by atoms with Crippen LogP contribution in [-0.4, -0.2) is 62.3 Å². The molecule has 10 heteroatoms. The van der Waals surface area contributed by atoms with Gasteiger partial charge in [0.25, 0.3) is 0 Å². The zero-order valence-electron chi connectivity index (χ0n) is 15.8. The second-order valence-electron chi connectivity index (χ2n) is 7.41. The molecule has 7 nitrogen and oxygen atoms in total. The summed E-state index contributed by atoms with van der Waals surface area (Å²) in [5.41, 5.74) is 0. The first-order valence-corrected chi connectivity index (χ1v) is 12.3. The van der Waals surface area contributed by atoms with Gasteiger partial charge in [0.2, 0.25) is 21.8 Å². The van der Waals surface area contributed by atoms with Gasteiger partial charge in [-0.25, -0.2) is 8.42 Å². The van der Waals surface area contributed by atoms with E-state index < -0.39 is 16.1 Å². The van der Waals surface area contributed by atoms with E-state index in [0.717, 1.165) is 36.0 Å². The van der Waals surface area contributed by atoms with Crippen molar-refractivity contribution >= 4 is 54.9 Å². The van der Waals surface area contributed by atoms with Gasteiger partial charge in [-0.3, -0.25) is 9.59 Å². The fourth-order valence-corrected chi connectivity index (χ4v) is 6.36. The molecule has 2 fully saturated rings. The maximum absolute atomic E-state index is 12.8. The van der Waals surface area contributed by atoms with E-state index in [0.29, 0.717) is 23.7 Å². The van der Waals surface area contributed by atoms with Crippen LogP contribution in [0.1, 0.15) is 25.7 Å². The van der Waals surface area contributed by atoms with Gasteiger partial charge in [0.1, 0.15) is 6.04 Å². The van der Waals surface area contributed by atoms with Crippen LogP contribution in [0.4, 0.5) is 0 Å². The highest BCUT2D eigenvalue weighted by Gasteiger charge is 2.34. The van der Waals surface area contributed by atoms with Crippen LogP contribution >= 0.6 is 22.9 Å². The molecule has 1 aromatic heterocycles. The van der Waals surface area contributed by atoms with Crippen LogP contribution in [0, 0.1) is 0 Å². The minimum Gasteiger partial charge on any atom is -0.341 e. The number of benzene rings is 1. The average molecular weight is 456 g/mol. The number of carbonyl (C=O) groups is 2. The van der Waals surface area contributed by atoms with Crippen molar-refractivity contribution < 1.29 is 18.0 Å². The number of nitrogens with one attached hydrogen (secondary N) is 1. The molecule has 2 aromatic rings. The molecule has 0 aliphatic carbocycles. The molecule has 2 aliphatic heterocycles. The summed E-state index contributed by atoms with van der Waals surface area (Å²) in [4.78, 5) is 28.5. The highest BCUT2D eigenvalue weighted by atomic mass is 35.5. The first-order valence-electron chi connectivity index (χ1n) is 9.61. The Morgan fingerprint density at radius 2 is 1.93 bits per heavy atom. The highest BCUT2D eigenvalue weighted by Crippen LogP contribution is 2.31. The Kier molecular flexibility index (Phi) is 5.83. The molecule has 1 atom stereocenters. The fraction of sp³-hybridized carbons (Fsp3) is 0.474. The molecular formula is C19H22ClN3O4S2. The number of rotatable bonds is 5. The SMILES string of the molecule is O=C(CN1CCC[C@H](NS(=O)(=O)c2ccc3cc(Cl)sc3c2)C1=O)N1CCCC1. The number of amides is 2. The number of hydrogen-bond donors (Lipinski definition) is 1. The molecule has 2 amide bonds. The van der Waals surface area contributed by atoms with Crippen LogP contribution in [0.3, 0.4) is 0 Å². The Morgan fingerprint density at radius 1 is 1.17 bits per heavy atom. The molecule has 3 heterocycles. The zero-order valence-corrected chi connectivity index (χ0v) is 18.2. The number of carbonyl (C=O) groups excluding carboxylic acids is 2. The summed E-state index contributed by atoms with van der Waals surface area (Å²) >= 11 is 7.31. The van der Waals surface area contributed by atoms with Gasteiger partial charge in [0.05, 0.1) is 15.8 Å². The lowest BCUT2D eigenvalue weighted by atomic mass is 10.1. The largest absolute Gasteiger partial charge is 0.341 e. The second kappa shape index (κ2) is 8.22. The normalized spacial score (nSPS) is 20.6. The van der Waals surface area contributed by atoms with Gasteiger partial charge >= 0.3 is 0 Å². The number of halogens is 1. The Hall–Kier alpha value is -1.68. The van der Waals surface area contributed by atoms with Crippen LogP contribution in [0.15, 0.2) is 29.2 Å². The molecule has 2 saturated heterocycles. The molecule has 0 unspecified atom stereocenters. The van der Waals surface area contributed by atoms with Crippen molar-refractivity contribution in [3.8, 4) is 0 Å². The van der Waals surface area contributed by atoms with E-state index in [1.165, 1.54) is 22.3 Å². The standard InChI is InChI=1S/C19H22ClN3O4S2/c20-17-10-13-5-6-14(11-16(13)28-17)29(26,27)21-15-4-3-9-23(19(15)25)12-18(24)22-7-1-2-8-22/h5-6,10-11,15,21H,1-4,7-9,12H2/t15-/m0/s1. The molecule has 1 aromatic carbocycles. The Labute approximate surface area is 178 Å². The third-order valence-corrected chi connectivity index (χ3v) is 8.08. The van der Waals surface area contributed by atoms with Crippen LogP contribution in [0.5, 0.6) is 0 Å². The first-order chi connectivity index (χ1) is 13.8. The van der Waals surface area contributed by atoms with E-state index >= 15 is 0 Å². The number of hydrogen-bond acceptors (Lipinski definition) is 5. The summed E-state index contributed by atoms with van der Waals surface area (Å²) in [5.74, 6) is -0.410. The molecule has 29 heavy (non-hydrogen) atoms. The van der Waals surface area contributed by atoms with Crippen LogP contribution in [0.2, 0.25) is 4.34 Å². The van der Waals surface area contributed by atoms with Gasteiger partial charge in [0.15, 0.2) is 0 Å². The van der Waals surface area contributed by atoms with E-state index in [1.54, 1.807) is 23.1 Å². The van der Waals surface area contributed by atoms with Crippen molar-refractivity contribution in [2.75, 3.05) is 26.2 Å². The van der Waals surface area contributed by atoms with E-state index in [-0.39, 0.29) is 23.3 Å². The van der Waals surface area contributed by atoms with Crippen LogP contribution in [0.25, 0.3) is 10.1 Å². The second-order valence-corrected chi connectivity index (χ2v) is 10.8. The first kappa shape index (κ1) is 20.6. The predicted octanol–water partition coefficient (Wildman–Crippen LogP) is 2.45. The fourth-order valence-electron chi connectivity index (χ4n) is 3.84. The van der Waals surface area contributed by atoms with Gasteiger partial charge in [-0.2, -0.15) is 4.72 Å². The van der Waals surface area contributed by atoms with Crippen LogP contribution in [-0.2, 0) is 19.6 Å². The minimum atomic E-state index is -3.87. The monoisotopic (exact) mass is 455 g/mol. The van der Waals surface area contributed by atoms with Gasteiger partial charge < -0.3 is 9.80 Å². The summed E-state index contributed by atoms with van der Waals surface area (Å²) in [6.45, 7) is 1.94. The summed E-state index contributed by atoms with van der Waals surface area (Å²) in [6, 6.07) is 5.70. The lowest BCUT2D eigenvalue weighted by molar-refractivity contribution is -0.142. The van der Waals surface area contributed by atoms with Gasteiger partial charge in [-0.05, 0) is 49.3 Å². The van der Waals surface area contributed by atoms with Crippen molar-refractivity contribution in [1.82, 2.24) is 14.5 Å². The van der Waals surface area contributed by atoms with Gasteiger partial charge in [-0.15, -0.1) is 11.3 Å².